The van der Waals surface area contributed by atoms with Crippen LogP contribution in [0.1, 0.15) is 25.7 Å². The zero-order valence-corrected chi connectivity index (χ0v) is 28.7. The summed E-state index contributed by atoms with van der Waals surface area (Å²) in [5, 5.41) is -3.52. The van der Waals surface area contributed by atoms with E-state index in [-0.39, 0.29) is 29.6 Å². The molecule has 0 bridgehead atoms. The summed E-state index contributed by atoms with van der Waals surface area (Å²) in [5.41, 5.74) is 0. The van der Waals surface area contributed by atoms with Crippen molar-refractivity contribution in [1.29, 1.82) is 0 Å². The predicted octanol–water partition coefficient (Wildman–Crippen LogP) is 5.03. The van der Waals surface area contributed by atoms with Gasteiger partial charge >= 0.3 is 113 Å². The molecular formula is C21H13F26NaO7S. The second-order valence-electron chi connectivity index (χ2n) is 10.4. The Morgan fingerprint density at radius 1 is 0.464 bits per heavy atom. The van der Waals surface area contributed by atoms with Crippen molar-refractivity contribution in [3.8, 4) is 0 Å². The molecule has 35 heteroatoms. The van der Waals surface area contributed by atoms with Crippen LogP contribution in [0.5, 0.6) is 0 Å². The second kappa shape index (κ2) is 16.6. The molecule has 0 aromatic heterocycles. The van der Waals surface area contributed by atoms with E-state index in [1.54, 1.807) is 0 Å². The van der Waals surface area contributed by atoms with E-state index in [1.165, 1.54) is 0 Å². The average molecular weight is 926 g/mol. The topological polar surface area (TPSA) is 110 Å². The van der Waals surface area contributed by atoms with E-state index in [2.05, 4.69) is 9.47 Å². The third-order valence-corrected chi connectivity index (χ3v) is 7.68. The molecule has 1 unspecified atom stereocenters. The second-order valence-corrected chi connectivity index (χ2v) is 12.0. The first-order chi connectivity index (χ1) is 23.6. The van der Waals surface area contributed by atoms with Crippen LogP contribution < -0.4 is 29.6 Å². The summed E-state index contributed by atoms with van der Waals surface area (Å²) in [5.74, 6) is -84.0. The number of hydrogen-bond donors (Lipinski definition) is 0. The largest absolute Gasteiger partial charge is 1.00 e. The van der Waals surface area contributed by atoms with Crippen molar-refractivity contribution >= 4 is 22.1 Å². The van der Waals surface area contributed by atoms with E-state index in [0.29, 0.717) is 0 Å². The van der Waals surface area contributed by atoms with Gasteiger partial charge in [0.25, 0.3) is 0 Å². The molecule has 0 amide bonds. The van der Waals surface area contributed by atoms with E-state index in [4.69, 9.17) is 0 Å². The van der Waals surface area contributed by atoms with Crippen molar-refractivity contribution in [2.24, 2.45) is 0 Å². The predicted molar refractivity (Wildman–Crippen MR) is 115 cm³/mol. The zero-order valence-electron chi connectivity index (χ0n) is 25.9. The van der Waals surface area contributed by atoms with E-state index in [0.717, 1.165) is 0 Å². The average Bonchev–Trinajstić information content (AvgIpc) is 2.94. The number of ether oxygens (including phenoxy) is 2. The Hall–Kier alpha value is -1.97. The molecule has 0 aromatic carbocycles. The van der Waals surface area contributed by atoms with Crippen molar-refractivity contribution in [3.05, 3.63) is 0 Å². The van der Waals surface area contributed by atoms with Crippen molar-refractivity contribution in [1.82, 2.24) is 0 Å². The first-order valence-corrected chi connectivity index (χ1v) is 14.3. The van der Waals surface area contributed by atoms with Gasteiger partial charge in [-0.1, -0.05) is 0 Å². The Balaban J connectivity index is 0. The van der Waals surface area contributed by atoms with E-state index in [1.807, 2.05) is 0 Å². The minimum absolute atomic E-state index is 0. The Bertz CT molecular complexity index is 1490. The number of halogens is 26. The fourth-order valence-corrected chi connectivity index (χ4v) is 4.00. The molecule has 0 N–H and O–H groups in total. The SMILES string of the molecule is O=C(CCC(C(=O)OCCC(F)(F)C(F)(F)C(F)(F)C(F)(F)C(F)(F)C(F)(F)F)S(=O)(=O)[O-])OCCC(F)(F)C(F)(F)C(F)(F)C(F)(F)C(F)(F)C(F)(F)F.[Na+]. The Kier molecular flexibility index (Phi) is 16.6. The quantitative estimate of drug-likeness (QED) is 0.0775. The van der Waals surface area contributed by atoms with Crippen LogP contribution in [0.15, 0.2) is 0 Å². The van der Waals surface area contributed by atoms with Crippen molar-refractivity contribution in [2.75, 3.05) is 13.2 Å². The van der Waals surface area contributed by atoms with Crippen LogP contribution in [0, 0.1) is 0 Å². The molecule has 7 nitrogen and oxygen atoms in total. The first kappa shape index (κ1) is 56.1. The number of carbonyl (C=O) groups excluding carboxylic acids is 2. The van der Waals surface area contributed by atoms with E-state index < -0.39 is 138 Å². The zero-order chi connectivity index (χ0) is 44.9. The van der Waals surface area contributed by atoms with Crippen molar-refractivity contribution in [3.63, 3.8) is 0 Å². The summed E-state index contributed by atoms with van der Waals surface area (Å²) in [6.07, 6.45) is -25.9. The summed E-state index contributed by atoms with van der Waals surface area (Å²) >= 11 is 0. The summed E-state index contributed by atoms with van der Waals surface area (Å²) in [6, 6.07) is 0. The van der Waals surface area contributed by atoms with Gasteiger partial charge in [-0.25, -0.2) is 8.42 Å². The third-order valence-electron chi connectivity index (χ3n) is 6.56. The number of carbonyl (C=O) groups is 2. The molecule has 0 aromatic rings. The molecule has 0 fully saturated rings. The Labute approximate surface area is 313 Å². The molecule has 0 aliphatic rings. The van der Waals surface area contributed by atoms with Crippen LogP contribution in [0.2, 0.25) is 0 Å². The van der Waals surface area contributed by atoms with Crippen LogP contribution >= 0.6 is 0 Å². The van der Waals surface area contributed by atoms with Gasteiger partial charge in [0.1, 0.15) is 15.4 Å². The van der Waals surface area contributed by atoms with E-state index in [9.17, 15) is 137 Å². The van der Waals surface area contributed by atoms with Gasteiger partial charge in [-0.05, 0) is 6.42 Å². The molecular weight excluding hydrogens is 913 g/mol. The summed E-state index contributed by atoms with van der Waals surface area (Å²) < 4.78 is 381. The van der Waals surface area contributed by atoms with Crippen LogP contribution in [-0.2, 0) is 29.2 Å². The minimum Gasteiger partial charge on any atom is -0.747 e. The van der Waals surface area contributed by atoms with Crippen LogP contribution in [0.3, 0.4) is 0 Å². The maximum absolute atomic E-state index is 13.8. The molecule has 1 atom stereocenters. The first-order valence-electron chi connectivity index (χ1n) is 12.8. The monoisotopic (exact) mass is 926 g/mol. The smallest absolute Gasteiger partial charge is 0.747 e. The summed E-state index contributed by atoms with van der Waals surface area (Å²) in [4.78, 5) is 23.3. The molecule has 0 spiro atoms. The van der Waals surface area contributed by atoms with Gasteiger partial charge in [0.05, 0.1) is 26.1 Å². The fourth-order valence-electron chi connectivity index (χ4n) is 3.29. The van der Waals surface area contributed by atoms with Crippen molar-refractivity contribution in [2.45, 2.75) is 103 Å². The van der Waals surface area contributed by atoms with Gasteiger partial charge in [-0.15, -0.1) is 0 Å². The van der Waals surface area contributed by atoms with Gasteiger partial charge in [0.2, 0.25) is 0 Å². The molecule has 0 aliphatic heterocycles. The molecule has 0 heterocycles. The van der Waals surface area contributed by atoms with E-state index >= 15 is 0 Å². The third kappa shape index (κ3) is 9.89. The Morgan fingerprint density at radius 3 is 1.00 bits per heavy atom. The molecule has 0 saturated carbocycles. The summed E-state index contributed by atoms with van der Waals surface area (Å²) in [6.45, 7) is -5.10. The molecule has 56 heavy (non-hydrogen) atoms. The van der Waals surface area contributed by atoms with Gasteiger partial charge in [0, 0.05) is 6.42 Å². The molecule has 0 rings (SSSR count). The van der Waals surface area contributed by atoms with Crippen molar-refractivity contribution < 1.29 is 176 Å². The van der Waals surface area contributed by atoms with Gasteiger partial charge < -0.3 is 14.0 Å². The van der Waals surface area contributed by atoms with Crippen LogP contribution in [0.25, 0.3) is 0 Å². The standard InChI is InChI=1S/C21H14F26O7S.Na/c22-10(23,12(26,27)14(30,31)16(34,35)18(38,39)20(42,43)44)3-5-53-8(48)2-1-7(55(50,51)52)9(49)54-6-4-11(24,25)13(28,29)15(32,33)17(36,37)19(40,41)21(45,46)47;/h7H,1-6H2,(H,50,51,52);/q;+1/p-1. The van der Waals surface area contributed by atoms with Gasteiger partial charge in [-0.3, -0.25) is 9.59 Å². The number of rotatable bonds is 19. The number of esters is 2. The molecule has 0 saturated heterocycles. The summed E-state index contributed by atoms with van der Waals surface area (Å²) in [7, 11) is -6.34. The fraction of sp³-hybridized carbons (Fsp3) is 0.905. The minimum atomic E-state index is -8.34. The normalized spacial score (nSPS) is 15.9. The number of alkyl halides is 26. The maximum Gasteiger partial charge on any atom is 1.00 e. The molecule has 328 valence electrons. The van der Waals surface area contributed by atoms with Gasteiger partial charge in [-0.2, -0.15) is 114 Å². The van der Waals surface area contributed by atoms with Crippen LogP contribution in [-0.4, -0.2) is 115 Å². The van der Waals surface area contributed by atoms with Crippen LogP contribution in [0.4, 0.5) is 114 Å². The molecule has 0 radical (unpaired) electrons. The Morgan fingerprint density at radius 2 is 0.732 bits per heavy atom. The molecule has 0 aliphatic carbocycles. The van der Waals surface area contributed by atoms with Gasteiger partial charge in [0.15, 0.2) is 0 Å². The number of hydrogen-bond acceptors (Lipinski definition) is 7. The maximum atomic E-state index is 13.8.